The minimum atomic E-state index is 0.923. The van der Waals surface area contributed by atoms with Crippen LogP contribution in [0.4, 0.5) is 0 Å². The highest BCUT2D eigenvalue weighted by molar-refractivity contribution is 7.17. The van der Waals surface area contributed by atoms with E-state index in [1.165, 1.54) is 6.33 Å². The SMILES string of the molecule is Cn1cc(-c2ccc3scc(-c4cncnc4)c3n2)cn1. The van der Waals surface area contributed by atoms with Crippen molar-refractivity contribution < 1.29 is 0 Å². The molecule has 0 aliphatic heterocycles. The molecule has 0 aromatic carbocycles. The number of hydrogen-bond acceptors (Lipinski definition) is 5. The van der Waals surface area contributed by atoms with Gasteiger partial charge < -0.3 is 0 Å². The Morgan fingerprint density at radius 2 is 1.90 bits per heavy atom. The van der Waals surface area contributed by atoms with Gasteiger partial charge in [-0.3, -0.25) is 4.68 Å². The van der Waals surface area contributed by atoms with E-state index in [0.717, 1.165) is 32.6 Å². The molecule has 0 unspecified atom stereocenters. The van der Waals surface area contributed by atoms with Crippen LogP contribution in [0.1, 0.15) is 0 Å². The summed E-state index contributed by atoms with van der Waals surface area (Å²) < 4.78 is 2.93. The number of pyridine rings is 1. The Kier molecular flexibility index (Phi) is 2.75. The molecule has 102 valence electrons. The van der Waals surface area contributed by atoms with Gasteiger partial charge >= 0.3 is 0 Å². The van der Waals surface area contributed by atoms with Crippen LogP contribution in [-0.4, -0.2) is 24.7 Å². The monoisotopic (exact) mass is 293 g/mol. The van der Waals surface area contributed by atoms with Crippen molar-refractivity contribution in [2.45, 2.75) is 0 Å². The van der Waals surface area contributed by atoms with Crippen LogP contribution in [0.15, 0.2) is 48.6 Å². The van der Waals surface area contributed by atoms with Crippen molar-refractivity contribution in [2.75, 3.05) is 0 Å². The first-order valence-electron chi connectivity index (χ1n) is 6.44. The fraction of sp³-hybridized carbons (Fsp3) is 0.0667. The zero-order chi connectivity index (χ0) is 14.2. The molecule has 6 heteroatoms. The molecule has 21 heavy (non-hydrogen) atoms. The predicted octanol–water partition coefficient (Wildman–Crippen LogP) is 3.15. The summed E-state index contributed by atoms with van der Waals surface area (Å²) in [7, 11) is 1.90. The molecule has 0 saturated heterocycles. The standard InChI is InChI=1S/C15H11N5S/c1-20-7-11(6-18-20)13-2-3-14-15(19-13)12(8-21-14)10-4-16-9-17-5-10/h2-9H,1H3. The van der Waals surface area contributed by atoms with Crippen LogP contribution < -0.4 is 0 Å². The number of nitrogens with zero attached hydrogens (tertiary/aromatic N) is 5. The van der Waals surface area contributed by atoms with E-state index in [9.17, 15) is 0 Å². The maximum atomic E-state index is 4.80. The third-order valence-corrected chi connectivity index (χ3v) is 4.23. The van der Waals surface area contributed by atoms with E-state index in [2.05, 4.69) is 26.5 Å². The van der Waals surface area contributed by atoms with Gasteiger partial charge in [-0.15, -0.1) is 11.3 Å². The molecular weight excluding hydrogens is 282 g/mol. The second-order valence-electron chi connectivity index (χ2n) is 4.72. The summed E-state index contributed by atoms with van der Waals surface area (Å²) in [6.45, 7) is 0. The maximum Gasteiger partial charge on any atom is 0.115 e. The fourth-order valence-electron chi connectivity index (χ4n) is 2.27. The quantitative estimate of drug-likeness (QED) is 0.569. The van der Waals surface area contributed by atoms with Crippen molar-refractivity contribution in [1.29, 1.82) is 0 Å². The average Bonchev–Trinajstić information content (AvgIpc) is 3.13. The van der Waals surface area contributed by atoms with Crippen LogP contribution in [0.2, 0.25) is 0 Å². The number of aryl methyl sites for hydroxylation is 1. The van der Waals surface area contributed by atoms with Crippen molar-refractivity contribution >= 4 is 21.6 Å². The minimum Gasteiger partial charge on any atom is -0.275 e. The Bertz CT molecular complexity index is 910. The molecular formula is C15H11N5S. The highest BCUT2D eigenvalue weighted by atomic mass is 32.1. The second-order valence-corrected chi connectivity index (χ2v) is 5.63. The van der Waals surface area contributed by atoms with Gasteiger partial charge in [-0.2, -0.15) is 5.10 Å². The third-order valence-electron chi connectivity index (χ3n) is 3.29. The van der Waals surface area contributed by atoms with Crippen LogP contribution in [0.5, 0.6) is 0 Å². The number of fused-ring (bicyclic) bond motifs is 1. The predicted molar refractivity (Wildman–Crippen MR) is 82.8 cm³/mol. The van der Waals surface area contributed by atoms with Gasteiger partial charge in [0.1, 0.15) is 6.33 Å². The van der Waals surface area contributed by atoms with Gasteiger partial charge in [-0.05, 0) is 12.1 Å². The molecule has 0 fully saturated rings. The summed E-state index contributed by atoms with van der Waals surface area (Å²) in [5.41, 5.74) is 4.98. The molecule has 0 atom stereocenters. The van der Waals surface area contributed by atoms with Crippen LogP contribution >= 0.6 is 11.3 Å². The highest BCUT2D eigenvalue weighted by Gasteiger charge is 2.10. The van der Waals surface area contributed by atoms with Crippen molar-refractivity contribution in [2.24, 2.45) is 7.05 Å². The number of rotatable bonds is 2. The van der Waals surface area contributed by atoms with Crippen LogP contribution in [-0.2, 0) is 7.05 Å². The number of thiophene rings is 1. The van der Waals surface area contributed by atoms with E-state index in [1.54, 1.807) is 16.0 Å². The molecule has 0 amide bonds. The van der Waals surface area contributed by atoms with E-state index >= 15 is 0 Å². The Morgan fingerprint density at radius 1 is 1.05 bits per heavy atom. The van der Waals surface area contributed by atoms with Crippen molar-refractivity contribution in [3.63, 3.8) is 0 Å². The lowest BCUT2D eigenvalue weighted by molar-refractivity contribution is 0.768. The summed E-state index contributed by atoms with van der Waals surface area (Å²) >= 11 is 1.68. The molecule has 4 rings (SSSR count). The van der Waals surface area contributed by atoms with E-state index in [4.69, 9.17) is 4.98 Å². The van der Waals surface area contributed by atoms with Crippen LogP contribution in [0.3, 0.4) is 0 Å². The molecule has 0 bridgehead atoms. The topological polar surface area (TPSA) is 56.5 Å². The average molecular weight is 293 g/mol. The van der Waals surface area contributed by atoms with Gasteiger partial charge in [-0.1, -0.05) is 0 Å². The van der Waals surface area contributed by atoms with Crippen LogP contribution in [0.25, 0.3) is 32.6 Å². The van der Waals surface area contributed by atoms with Gasteiger partial charge in [0.05, 0.1) is 22.1 Å². The van der Waals surface area contributed by atoms with Crippen molar-refractivity contribution in [1.82, 2.24) is 24.7 Å². The van der Waals surface area contributed by atoms with E-state index in [1.807, 2.05) is 37.9 Å². The van der Waals surface area contributed by atoms with Gasteiger partial charge in [0.25, 0.3) is 0 Å². The summed E-state index contributed by atoms with van der Waals surface area (Å²) in [5, 5.41) is 6.30. The molecule has 5 nitrogen and oxygen atoms in total. The smallest absolute Gasteiger partial charge is 0.115 e. The first-order chi connectivity index (χ1) is 10.3. The third kappa shape index (κ3) is 2.09. The molecule has 0 spiro atoms. The lowest BCUT2D eigenvalue weighted by Crippen LogP contribution is -1.86. The maximum absolute atomic E-state index is 4.80. The Labute approximate surface area is 124 Å². The first kappa shape index (κ1) is 12.2. The van der Waals surface area contributed by atoms with E-state index < -0.39 is 0 Å². The van der Waals surface area contributed by atoms with Gasteiger partial charge in [0, 0.05) is 47.7 Å². The van der Waals surface area contributed by atoms with Gasteiger partial charge in [-0.25, -0.2) is 15.0 Å². The molecule has 4 aromatic heterocycles. The Morgan fingerprint density at radius 3 is 2.67 bits per heavy atom. The van der Waals surface area contributed by atoms with Gasteiger partial charge in [0.2, 0.25) is 0 Å². The molecule has 0 saturated carbocycles. The summed E-state index contributed by atoms with van der Waals surface area (Å²) in [5.74, 6) is 0. The summed E-state index contributed by atoms with van der Waals surface area (Å²) in [6, 6.07) is 4.13. The Hall–Kier alpha value is -2.60. The van der Waals surface area contributed by atoms with Crippen molar-refractivity contribution in [3.05, 3.63) is 48.6 Å². The zero-order valence-corrected chi connectivity index (χ0v) is 12.1. The van der Waals surface area contributed by atoms with Gasteiger partial charge in [0.15, 0.2) is 0 Å². The lowest BCUT2D eigenvalue weighted by Gasteiger charge is -2.00. The van der Waals surface area contributed by atoms with E-state index in [-0.39, 0.29) is 0 Å². The molecule has 0 aliphatic rings. The zero-order valence-electron chi connectivity index (χ0n) is 11.3. The normalized spacial score (nSPS) is 11.1. The highest BCUT2D eigenvalue weighted by Crippen LogP contribution is 2.33. The molecule has 4 heterocycles. The molecule has 0 aliphatic carbocycles. The summed E-state index contributed by atoms with van der Waals surface area (Å²) in [6.07, 6.45) is 8.95. The minimum absolute atomic E-state index is 0.923. The van der Waals surface area contributed by atoms with E-state index in [0.29, 0.717) is 0 Å². The Balaban J connectivity index is 1.90. The second kappa shape index (κ2) is 4.75. The lowest BCUT2D eigenvalue weighted by atomic mass is 10.1. The van der Waals surface area contributed by atoms with Crippen molar-refractivity contribution in [3.8, 4) is 22.4 Å². The summed E-state index contributed by atoms with van der Waals surface area (Å²) in [4.78, 5) is 13.0. The fourth-order valence-corrected chi connectivity index (χ4v) is 3.18. The number of hydrogen-bond donors (Lipinski definition) is 0. The first-order valence-corrected chi connectivity index (χ1v) is 7.32. The van der Waals surface area contributed by atoms with Crippen LogP contribution in [0, 0.1) is 0 Å². The molecule has 4 aromatic rings. The largest absolute Gasteiger partial charge is 0.275 e. The number of aromatic nitrogens is 5. The molecule has 0 radical (unpaired) electrons. The molecule has 0 N–H and O–H groups in total.